The van der Waals surface area contributed by atoms with Crippen molar-refractivity contribution in [3.63, 3.8) is 0 Å². The average molecular weight is 361 g/mol. The molecule has 0 amide bonds. The molecule has 8 heteroatoms. The van der Waals surface area contributed by atoms with Crippen LogP contribution < -0.4 is 15.5 Å². The fraction of sp³-hybridized carbons (Fsp3) is 0.278. The van der Waals surface area contributed by atoms with Crippen LogP contribution in [-0.2, 0) is 6.18 Å². The maximum Gasteiger partial charge on any atom is 0.418 e. The summed E-state index contributed by atoms with van der Waals surface area (Å²) in [6.07, 6.45) is -4.43. The number of H-pyrrole nitrogens is 1. The van der Waals surface area contributed by atoms with E-state index in [1.54, 1.807) is 6.07 Å². The number of alkyl halides is 3. The van der Waals surface area contributed by atoms with Crippen molar-refractivity contribution in [2.75, 3.05) is 36.4 Å². The average Bonchev–Trinajstić information content (AvgIpc) is 3.03. The molecular formula is C18H18F3N5. The number of nitrogens with one attached hydrogen (secondary N) is 3. The van der Waals surface area contributed by atoms with Crippen LogP contribution in [0.3, 0.4) is 0 Å². The molecule has 1 aliphatic rings. The molecular weight excluding hydrogens is 343 g/mol. The van der Waals surface area contributed by atoms with Gasteiger partial charge in [-0.15, -0.1) is 0 Å². The fourth-order valence-corrected chi connectivity index (χ4v) is 3.14. The fourth-order valence-electron chi connectivity index (χ4n) is 3.14. The molecule has 0 aliphatic carbocycles. The first-order chi connectivity index (χ1) is 12.5. The molecule has 2 aromatic carbocycles. The first kappa shape index (κ1) is 16.7. The Morgan fingerprint density at radius 2 is 1.81 bits per heavy atom. The van der Waals surface area contributed by atoms with Crippen molar-refractivity contribution >= 4 is 28.4 Å². The van der Waals surface area contributed by atoms with Gasteiger partial charge in [-0.25, -0.2) is 4.98 Å². The molecule has 1 aliphatic heterocycles. The van der Waals surface area contributed by atoms with Crippen molar-refractivity contribution < 1.29 is 13.2 Å². The monoisotopic (exact) mass is 361 g/mol. The van der Waals surface area contributed by atoms with E-state index in [1.165, 1.54) is 12.1 Å². The smallest absolute Gasteiger partial charge is 0.369 e. The maximum atomic E-state index is 13.1. The van der Waals surface area contributed by atoms with Gasteiger partial charge in [0, 0.05) is 31.9 Å². The van der Waals surface area contributed by atoms with Crippen molar-refractivity contribution in [3.05, 3.63) is 48.0 Å². The van der Waals surface area contributed by atoms with Crippen LogP contribution in [-0.4, -0.2) is 36.1 Å². The maximum absolute atomic E-state index is 13.1. The standard InChI is InChI=1S/C18H18F3N5/c19-18(20,21)13-3-1-2-4-14(13)23-17-24-15-6-5-12(11-16(15)25-17)26-9-7-22-8-10-26/h1-6,11,22H,7-10H2,(H2,23,24,25). The van der Waals surface area contributed by atoms with Gasteiger partial charge in [0.05, 0.1) is 22.3 Å². The predicted molar refractivity (Wildman–Crippen MR) is 95.9 cm³/mol. The summed E-state index contributed by atoms with van der Waals surface area (Å²) in [6.45, 7) is 3.71. The molecule has 3 N–H and O–H groups in total. The van der Waals surface area contributed by atoms with Gasteiger partial charge < -0.3 is 20.5 Å². The second kappa shape index (κ2) is 6.53. The molecule has 2 heterocycles. The van der Waals surface area contributed by atoms with Crippen LogP contribution >= 0.6 is 0 Å². The van der Waals surface area contributed by atoms with Crippen LogP contribution in [0, 0.1) is 0 Å². The minimum atomic E-state index is -4.43. The number of aromatic amines is 1. The zero-order chi connectivity index (χ0) is 18.1. The number of aromatic nitrogens is 2. The zero-order valence-electron chi connectivity index (χ0n) is 13.9. The predicted octanol–water partition coefficient (Wildman–Crippen LogP) is 3.73. The third-order valence-electron chi connectivity index (χ3n) is 4.43. The Morgan fingerprint density at radius 3 is 2.58 bits per heavy atom. The van der Waals surface area contributed by atoms with Crippen LogP contribution in [0.5, 0.6) is 0 Å². The van der Waals surface area contributed by atoms with E-state index in [0.717, 1.165) is 43.4 Å². The van der Waals surface area contributed by atoms with Crippen LogP contribution in [0.2, 0.25) is 0 Å². The van der Waals surface area contributed by atoms with Gasteiger partial charge in [0.1, 0.15) is 0 Å². The highest BCUT2D eigenvalue weighted by atomic mass is 19.4. The molecule has 0 radical (unpaired) electrons. The Hall–Kier alpha value is -2.74. The summed E-state index contributed by atoms with van der Waals surface area (Å²) >= 11 is 0. The number of piperazine rings is 1. The van der Waals surface area contributed by atoms with Crippen LogP contribution in [0.4, 0.5) is 30.5 Å². The van der Waals surface area contributed by atoms with E-state index in [4.69, 9.17) is 0 Å². The minimum Gasteiger partial charge on any atom is -0.369 e. The number of nitrogens with zero attached hydrogens (tertiary/aromatic N) is 2. The molecule has 0 spiro atoms. The van der Waals surface area contributed by atoms with Gasteiger partial charge in [-0.2, -0.15) is 13.2 Å². The van der Waals surface area contributed by atoms with E-state index in [-0.39, 0.29) is 11.6 Å². The van der Waals surface area contributed by atoms with E-state index in [1.807, 2.05) is 18.2 Å². The third kappa shape index (κ3) is 3.32. The number of hydrogen-bond acceptors (Lipinski definition) is 4. The summed E-state index contributed by atoms with van der Waals surface area (Å²) < 4.78 is 39.4. The summed E-state index contributed by atoms with van der Waals surface area (Å²) in [4.78, 5) is 9.69. The van der Waals surface area contributed by atoms with E-state index < -0.39 is 11.7 Å². The zero-order valence-corrected chi connectivity index (χ0v) is 13.9. The molecule has 136 valence electrons. The lowest BCUT2D eigenvalue weighted by atomic mass is 10.1. The Labute approximate surface area is 148 Å². The number of anilines is 3. The number of para-hydroxylation sites is 1. The van der Waals surface area contributed by atoms with Gasteiger partial charge in [-0.3, -0.25) is 0 Å². The number of rotatable bonds is 3. The number of benzene rings is 2. The van der Waals surface area contributed by atoms with E-state index in [2.05, 4.69) is 25.5 Å². The second-order valence-electron chi connectivity index (χ2n) is 6.19. The molecule has 1 aromatic heterocycles. The molecule has 3 aromatic rings. The highest BCUT2D eigenvalue weighted by Crippen LogP contribution is 2.35. The number of imidazole rings is 1. The highest BCUT2D eigenvalue weighted by molar-refractivity contribution is 5.82. The second-order valence-corrected chi connectivity index (χ2v) is 6.19. The molecule has 1 saturated heterocycles. The number of halogens is 3. The first-order valence-corrected chi connectivity index (χ1v) is 8.39. The van der Waals surface area contributed by atoms with Crippen LogP contribution in [0.1, 0.15) is 5.56 Å². The quantitative estimate of drug-likeness (QED) is 0.665. The Balaban J connectivity index is 1.62. The lowest BCUT2D eigenvalue weighted by Crippen LogP contribution is -2.43. The largest absolute Gasteiger partial charge is 0.418 e. The van der Waals surface area contributed by atoms with Gasteiger partial charge in [-0.05, 0) is 30.3 Å². The molecule has 0 saturated carbocycles. The third-order valence-corrected chi connectivity index (χ3v) is 4.43. The Kier molecular flexibility index (Phi) is 4.20. The first-order valence-electron chi connectivity index (χ1n) is 8.39. The van der Waals surface area contributed by atoms with Crippen molar-refractivity contribution in [3.8, 4) is 0 Å². The van der Waals surface area contributed by atoms with E-state index in [9.17, 15) is 13.2 Å². The molecule has 4 rings (SSSR count). The minimum absolute atomic E-state index is 0.0265. The topological polar surface area (TPSA) is 56.0 Å². The summed E-state index contributed by atoms with van der Waals surface area (Å²) in [5.74, 6) is 0.286. The van der Waals surface area contributed by atoms with Crippen molar-refractivity contribution in [2.45, 2.75) is 6.18 Å². The van der Waals surface area contributed by atoms with Gasteiger partial charge in [-0.1, -0.05) is 12.1 Å². The number of hydrogen-bond donors (Lipinski definition) is 3. The lowest BCUT2D eigenvalue weighted by Gasteiger charge is -2.29. The van der Waals surface area contributed by atoms with Gasteiger partial charge in [0.25, 0.3) is 0 Å². The molecule has 1 fully saturated rings. The molecule has 0 atom stereocenters. The molecule has 0 unspecified atom stereocenters. The Bertz CT molecular complexity index is 913. The SMILES string of the molecule is FC(F)(F)c1ccccc1Nc1nc2ccc(N3CCNCC3)cc2[nH]1. The van der Waals surface area contributed by atoms with E-state index >= 15 is 0 Å². The normalized spacial score (nSPS) is 15.4. The van der Waals surface area contributed by atoms with Crippen LogP contribution in [0.15, 0.2) is 42.5 Å². The van der Waals surface area contributed by atoms with Crippen molar-refractivity contribution in [2.24, 2.45) is 0 Å². The van der Waals surface area contributed by atoms with E-state index in [0.29, 0.717) is 5.52 Å². The van der Waals surface area contributed by atoms with Crippen LogP contribution in [0.25, 0.3) is 11.0 Å². The summed E-state index contributed by atoms with van der Waals surface area (Å²) in [5.41, 5.74) is 1.82. The summed E-state index contributed by atoms with van der Waals surface area (Å²) in [7, 11) is 0. The molecule has 0 bridgehead atoms. The van der Waals surface area contributed by atoms with Gasteiger partial charge >= 0.3 is 6.18 Å². The van der Waals surface area contributed by atoms with Crippen molar-refractivity contribution in [1.29, 1.82) is 0 Å². The Morgan fingerprint density at radius 1 is 1.04 bits per heavy atom. The molecule has 26 heavy (non-hydrogen) atoms. The summed E-state index contributed by atoms with van der Waals surface area (Å²) in [5, 5.41) is 6.06. The van der Waals surface area contributed by atoms with Gasteiger partial charge in [0.15, 0.2) is 0 Å². The van der Waals surface area contributed by atoms with Crippen molar-refractivity contribution in [1.82, 2.24) is 15.3 Å². The number of fused-ring (bicyclic) bond motifs is 1. The molecule has 5 nitrogen and oxygen atoms in total. The summed E-state index contributed by atoms with van der Waals surface area (Å²) in [6, 6.07) is 11.2. The highest BCUT2D eigenvalue weighted by Gasteiger charge is 2.33. The van der Waals surface area contributed by atoms with Gasteiger partial charge in [0.2, 0.25) is 5.95 Å². The lowest BCUT2D eigenvalue weighted by molar-refractivity contribution is -0.136.